The summed E-state index contributed by atoms with van der Waals surface area (Å²) in [5.41, 5.74) is 7.55. The number of carbonyl (C=O) groups is 3. The predicted molar refractivity (Wildman–Crippen MR) is 140 cm³/mol. The smallest absolute Gasteiger partial charge is 0.249 e. The fraction of sp³-hybridized carbons (Fsp3) is 0.360. The average molecular weight is 565 g/mol. The van der Waals surface area contributed by atoms with Crippen LogP contribution in [0.15, 0.2) is 36.4 Å². The number of Topliss-reactive ketones (excluding diaryl/α,β-unsaturated/α-hetero) is 1. The van der Waals surface area contributed by atoms with Crippen molar-refractivity contribution in [2.75, 3.05) is 20.8 Å². The van der Waals surface area contributed by atoms with Crippen LogP contribution in [0.1, 0.15) is 38.5 Å². The molecule has 9 nitrogen and oxygen atoms in total. The lowest BCUT2D eigenvalue weighted by atomic mass is 9.77. The summed E-state index contributed by atoms with van der Waals surface area (Å²) in [6.45, 7) is 1.41. The van der Waals surface area contributed by atoms with Crippen molar-refractivity contribution in [3.05, 3.63) is 67.6 Å². The number of amides is 2. The van der Waals surface area contributed by atoms with Crippen molar-refractivity contribution >= 4 is 52.1 Å². The Bertz CT molecular complexity index is 1360. The van der Waals surface area contributed by atoms with Crippen LogP contribution in [-0.4, -0.2) is 59.1 Å². The number of ketones is 1. The van der Waals surface area contributed by atoms with E-state index in [-0.39, 0.29) is 17.5 Å². The first-order valence-electron chi connectivity index (χ1n) is 11.3. The maximum atomic E-state index is 14.2. The molecule has 1 saturated heterocycles. The Balaban J connectivity index is 2.04. The van der Waals surface area contributed by atoms with Crippen molar-refractivity contribution in [1.82, 2.24) is 14.7 Å². The Morgan fingerprint density at radius 2 is 1.89 bits per heavy atom. The maximum absolute atomic E-state index is 14.2. The molecule has 2 N–H and O–H groups in total. The van der Waals surface area contributed by atoms with E-state index in [9.17, 15) is 14.4 Å². The number of nitrogens with zero attached hydrogens (tertiary/aromatic N) is 3. The summed E-state index contributed by atoms with van der Waals surface area (Å²) in [4.78, 5) is 42.6. The van der Waals surface area contributed by atoms with Gasteiger partial charge in [0.2, 0.25) is 11.8 Å². The van der Waals surface area contributed by atoms with Crippen LogP contribution in [0.3, 0.4) is 0 Å². The Kier molecular flexibility index (Phi) is 7.94. The molecular weight excluding hydrogens is 539 g/mol. The first-order chi connectivity index (χ1) is 17.6. The third kappa shape index (κ3) is 4.86. The van der Waals surface area contributed by atoms with Crippen molar-refractivity contribution in [3.63, 3.8) is 0 Å². The fourth-order valence-electron chi connectivity index (χ4n) is 5.19. The molecule has 4 unspecified atom stereocenters. The molecule has 1 aliphatic heterocycles. The van der Waals surface area contributed by atoms with E-state index in [2.05, 4.69) is 5.10 Å². The zero-order valence-electron chi connectivity index (χ0n) is 20.6. The first-order valence-corrected chi connectivity index (χ1v) is 12.9. The maximum Gasteiger partial charge on any atom is 0.249 e. The van der Waals surface area contributed by atoms with Gasteiger partial charge in [-0.15, -0.1) is 11.3 Å². The molecule has 0 radical (unpaired) electrons. The lowest BCUT2D eigenvalue weighted by Gasteiger charge is -2.30. The number of benzene rings is 1. The Hall–Kier alpha value is -2.92. The van der Waals surface area contributed by atoms with Crippen molar-refractivity contribution < 1.29 is 23.9 Å². The lowest BCUT2D eigenvalue weighted by Crippen LogP contribution is -2.48. The van der Waals surface area contributed by atoms with Crippen molar-refractivity contribution in [3.8, 4) is 5.75 Å². The molecule has 12 heteroatoms. The van der Waals surface area contributed by atoms with E-state index < -0.39 is 35.7 Å². The quantitative estimate of drug-likeness (QED) is 0.416. The van der Waals surface area contributed by atoms with Gasteiger partial charge in [0, 0.05) is 25.6 Å². The third-order valence-electron chi connectivity index (χ3n) is 6.60. The minimum Gasteiger partial charge on any atom is -0.497 e. The van der Waals surface area contributed by atoms with Gasteiger partial charge in [-0.1, -0.05) is 35.3 Å². The van der Waals surface area contributed by atoms with E-state index in [4.69, 9.17) is 38.4 Å². The summed E-state index contributed by atoms with van der Waals surface area (Å²) in [6.07, 6.45) is 0. The van der Waals surface area contributed by atoms with Crippen LogP contribution >= 0.6 is 34.5 Å². The van der Waals surface area contributed by atoms with E-state index in [1.54, 1.807) is 50.4 Å². The fourth-order valence-corrected chi connectivity index (χ4v) is 6.51. The predicted octanol–water partition coefficient (Wildman–Crippen LogP) is 3.77. The van der Waals surface area contributed by atoms with Crippen molar-refractivity contribution in [2.45, 2.75) is 24.9 Å². The summed E-state index contributed by atoms with van der Waals surface area (Å²) in [5, 5.41) is 4.65. The van der Waals surface area contributed by atoms with Gasteiger partial charge >= 0.3 is 0 Å². The van der Waals surface area contributed by atoms with Gasteiger partial charge in [0.25, 0.3) is 0 Å². The largest absolute Gasteiger partial charge is 0.497 e. The summed E-state index contributed by atoms with van der Waals surface area (Å²) >= 11 is 14.0. The number of carbonyl (C=O) groups excluding carboxylic acids is 3. The van der Waals surface area contributed by atoms with E-state index >= 15 is 0 Å². The second-order valence-corrected chi connectivity index (χ2v) is 10.8. The molecule has 0 bridgehead atoms. The normalized spacial score (nSPS) is 21.3. The Labute approximate surface area is 228 Å². The highest BCUT2D eigenvalue weighted by Gasteiger charge is 2.58. The summed E-state index contributed by atoms with van der Waals surface area (Å²) in [5.74, 6) is -2.81. The number of likely N-dealkylation sites (tertiary alicyclic amines) is 1. The molecule has 2 amide bonds. The number of rotatable bonds is 8. The SMILES string of the molecule is COCC(=O)N1C(C(N)=O)C(c2cccc(OC)c2)C(C(=O)c2ccc(Cl)s2)C1c1c(C)nn(C)c1Cl. The van der Waals surface area contributed by atoms with E-state index in [0.29, 0.717) is 31.8 Å². The van der Waals surface area contributed by atoms with Crippen LogP contribution in [0.4, 0.5) is 0 Å². The number of aromatic nitrogens is 2. The van der Waals surface area contributed by atoms with Gasteiger partial charge in [-0.2, -0.15) is 5.10 Å². The van der Waals surface area contributed by atoms with Gasteiger partial charge in [0.05, 0.1) is 34.0 Å². The van der Waals surface area contributed by atoms with Crippen LogP contribution < -0.4 is 10.5 Å². The standard InChI is InChI=1S/C25H26Cl2N4O5S/c1-12-18(24(27)30(2)29-12)21-20(23(33)15-8-9-16(26)37-15)19(13-6-5-7-14(10-13)36-4)22(25(28)34)31(21)17(32)11-35-3/h5-10,19-22H,11H2,1-4H3,(H2,28,34). The molecule has 0 spiro atoms. The van der Waals surface area contributed by atoms with Crippen LogP contribution in [0.5, 0.6) is 5.75 Å². The van der Waals surface area contributed by atoms with Crippen LogP contribution in [-0.2, 0) is 21.4 Å². The zero-order chi connectivity index (χ0) is 27.0. The Morgan fingerprint density at radius 1 is 1.16 bits per heavy atom. The van der Waals surface area contributed by atoms with Crippen LogP contribution in [0.25, 0.3) is 0 Å². The number of aryl methyl sites for hydroxylation is 2. The number of nitrogens with two attached hydrogens (primary N) is 1. The number of halogens is 2. The highest BCUT2D eigenvalue weighted by Crippen LogP contribution is 2.53. The third-order valence-corrected chi connectivity index (χ3v) is 8.30. The van der Waals surface area contributed by atoms with Gasteiger partial charge in [-0.05, 0) is 36.8 Å². The highest BCUT2D eigenvalue weighted by molar-refractivity contribution is 7.18. The molecular formula is C25H26Cl2N4O5S. The number of hydrogen-bond donors (Lipinski definition) is 1. The Morgan fingerprint density at radius 3 is 2.43 bits per heavy atom. The summed E-state index contributed by atoms with van der Waals surface area (Å²) in [7, 11) is 4.56. The van der Waals surface area contributed by atoms with Crippen molar-refractivity contribution in [1.29, 1.82) is 0 Å². The minimum atomic E-state index is -1.18. The molecule has 3 aromatic rings. The van der Waals surface area contributed by atoms with Crippen LogP contribution in [0.2, 0.25) is 9.49 Å². The van der Waals surface area contributed by atoms with Gasteiger partial charge in [0.1, 0.15) is 23.6 Å². The van der Waals surface area contributed by atoms with Crippen LogP contribution in [0, 0.1) is 12.8 Å². The highest BCUT2D eigenvalue weighted by atomic mass is 35.5. The minimum absolute atomic E-state index is 0.245. The second kappa shape index (κ2) is 10.8. The molecule has 4 atom stereocenters. The lowest BCUT2D eigenvalue weighted by molar-refractivity contribution is -0.143. The first kappa shape index (κ1) is 27.1. The molecule has 1 aromatic carbocycles. The number of thiophene rings is 1. The molecule has 3 heterocycles. The zero-order valence-corrected chi connectivity index (χ0v) is 22.9. The number of ether oxygens (including phenoxy) is 2. The monoisotopic (exact) mass is 564 g/mol. The summed E-state index contributed by atoms with van der Waals surface area (Å²) < 4.78 is 12.4. The molecule has 2 aromatic heterocycles. The molecule has 37 heavy (non-hydrogen) atoms. The van der Waals surface area contributed by atoms with Gasteiger partial charge in [-0.3, -0.25) is 19.1 Å². The number of methoxy groups -OCH3 is 2. The van der Waals surface area contributed by atoms with Gasteiger partial charge in [-0.25, -0.2) is 0 Å². The van der Waals surface area contributed by atoms with Gasteiger partial charge in [0.15, 0.2) is 5.78 Å². The molecule has 1 aliphatic rings. The van der Waals surface area contributed by atoms with E-state index in [1.807, 2.05) is 0 Å². The molecule has 4 rings (SSSR count). The average Bonchev–Trinajstić information content (AvgIpc) is 3.52. The molecule has 0 saturated carbocycles. The molecule has 1 fully saturated rings. The van der Waals surface area contributed by atoms with E-state index in [1.165, 1.54) is 23.8 Å². The second-order valence-electron chi connectivity index (χ2n) is 8.74. The van der Waals surface area contributed by atoms with E-state index in [0.717, 1.165) is 11.3 Å². The number of hydrogen-bond acceptors (Lipinski definition) is 7. The number of primary amides is 1. The molecule has 0 aliphatic carbocycles. The van der Waals surface area contributed by atoms with Crippen molar-refractivity contribution in [2.24, 2.45) is 18.7 Å². The van der Waals surface area contributed by atoms with Gasteiger partial charge < -0.3 is 20.1 Å². The molecule has 196 valence electrons. The topological polar surface area (TPSA) is 117 Å². The summed E-state index contributed by atoms with van der Waals surface area (Å²) in [6, 6.07) is 8.15.